The molecule has 0 radical (unpaired) electrons. The quantitative estimate of drug-likeness (QED) is 0.480. The van der Waals surface area contributed by atoms with Crippen molar-refractivity contribution in [2.24, 2.45) is 0 Å². The zero-order valence-corrected chi connectivity index (χ0v) is 17.3. The van der Waals surface area contributed by atoms with Gasteiger partial charge in [0, 0.05) is 25.5 Å². The Labute approximate surface area is 178 Å². The number of pyridine rings is 1. The Balaban J connectivity index is 1.83. The van der Waals surface area contributed by atoms with E-state index in [-0.39, 0.29) is 40.4 Å². The van der Waals surface area contributed by atoms with Gasteiger partial charge in [0.1, 0.15) is 22.7 Å². The number of hydrogen-bond donors (Lipinski definition) is 1. The molecule has 1 N–H and O–H groups in total. The molecule has 8 nitrogen and oxygen atoms in total. The van der Waals surface area contributed by atoms with Crippen molar-refractivity contribution in [1.29, 1.82) is 0 Å². The van der Waals surface area contributed by atoms with E-state index in [2.05, 4.69) is 20.3 Å². The molecule has 0 aliphatic heterocycles. The Morgan fingerprint density at radius 1 is 1.37 bits per heavy atom. The van der Waals surface area contributed by atoms with Crippen LogP contribution in [0.5, 0.6) is 0 Å². The molecule has 0 aliphatic carbocycles. The number of carbonyl (C=O) groups is 1. The van der Waals surface area contributed by atoms with Gasteiger partial charge in [-0.15, -0.1) is 3.89 Å². The van der Waals surface area contributed by atoms with Crippen LogP contribution in [0.3, 0.4) is 0 Å². The summed E-state index contributed by atoms with van der Waals surface area (Å²) in [6, 6.07) is 2.52. The summed E-state index contributed by atoms with van der Waals surface area (Å²) in [5.41, 5.74) is 1.69. The van der Waals surface area contributed by atoms with Gasteiger partial charge in [0.05, 0.1) is 23.9 Å². The molecule has 0 saturated heterocycles. The van der Waals surface area contributed by atoms with E-state index in [9.17, 15) is 13.1 Å². The average Bonchev–Trinajstić information content (AvgIpc) is 3.25. The Morgan fingerprint density at radius 2 is 2.17 bits per heavy atom. The van der Waals surface area contributed by atoms with Crippen LogP contribution < -0.4 is 5.32 Å². The van der Waals surface area contributed by atoms with Crippen LogP contribution >= 0.6 is 23.9 Å². The van der Waals surface area contributed by atoms with Gasteiger partial charge in [-0.25, -0.2) is 23.3 Å². The third-order valence-corrected chi connectivity index (χ3v) is 5.07. The SMILES string of the molecule is COCC(C)NC(=O)c1cn(SF)c2ncc(-c3nc(Cl)n4cc(F)ccc34)nc12. The highest BCUT2D eigenvalue weighted by Crippen LogP contribution is 2.29. The van der Waals surface area contributed by atoms with E-state index >= 15 is 0 Å². The highest BCUT2D eigenvalue weighted by molar-refractivity contribution is 7.92. The van der Waals surface area contributed by atoms with Gasteiger partial charge in [0.15, 0.2) is 18.0 Å². The first-order chi connectivity index (χ1) is 14.4. The van der Waals surface area contributed by atoms with Crippen molar-refractivity contribution in [2.75, 3.05) is 13.7 Å². The van der Waals surface area contributed by atoms with Gasteiger partial charge in [-0.05, 0) is 30.7 Å². The molecule has 4 rings (SSSR count). The van der Waals surface area contributed by atoms with Gasteiger partial charge in [-0.1, -0.05) is 0 Å². The fraction of sp³-hybridized carbons (Fsp3) is 0.222. The van der Waals surface area contributed by atoms with Crippen molar-refractivity contribution in [3.05, 3.63) is 47.4 Å². The van der Waals surface area contributed by atoms with Crippen LogP contribution in [-0.4, -0.2) is 49.0 Å². The molecule has 0 spiro atoms. The van der Waals surface area contributed by atoms with Gasteiger partial charge >= 0.3 is 0 Å². The summed E-state index contributed by atoms with van der Waals surface area (Å²) >= 11 is 6.02. The lowest BCUT2D eigenvalue weighted by Crippen LogP contribution is -2.35. The molecule has 4 aromatic rings. The summed E-state index contributed by atoms with van der Waals surface area (Å²) in [7, 11) is 1.53. The van der Waals surface area contributed by atoms with Crippen molar-refractivity contribution < 1.29 is 17.8 Å². The molecule has 1 unspecified atom stereocenters. The van der Waals surface area contributed by atoms with E-state index in [4.69, 9.17) is 16.3 Å². The summed E-state index contributed by atoms with van der Waals surface area (Å²) < 4.78 is 34.4. The molecule has 0 fully saturated rings. The fourth-order valence-electron chi connectivity index (χ4n) is 3.10. The molecule has 1 amide bonds. The van der Waals surface area contributed by atoms with Crippen LogP contribution in [0.2, 0.25) is 5.28 Å². The first-order valence-electron chi connectivity index (χ1n) is 8.73. The van der Waals surface area contributed by atoms with Crippen molar-refractivity contribution in [1.82, 2.24) is 28.6 Å². The van der Waals surface area contributed by atoms with Crippen molar-refractivity contribution >= 4 is 46.5 Å². The van der Waals surface area contributed by atoms with Crippen molar-refractivity contribution in [3.8, 4) is 11.4 Å². The summed E-state index contributed by atoms with van der Waals surface area (Å²) in [5.74, 6) is -0.922. The van der Waals surface area contributed by atoms with E-state index in [1.165, 1.54) is 42.2 Å². The minimum Gasteiger partial charge on any atom is -0.383 e. The molecule has 30 heavy (non-hydrogen) atoms. The Morgan fingerprint density at radius 3 is 2.90 bits per heavy atom. The minimum atomic E-state index is -0.476. The van der Waals surface area contributed by atoms with Crippen LogP contribution in [0.25, 0.3) is 28.1 Å². The van der Waals surface area contributed by atoms with Gasteiger partial charge in [0.2, 0.25) is 5.28 Å². The number of imidazole rings is 1. The number of hydrogen-bond acceptors (Lipinski definition) is 6. The number of ether oxygens (including phenoxy) is 1. The number of nitrogens with zero attached hydrogens (tertiary/aromatic N) is 5. The Kier molecular flexibility index (Phi) is 5.58. The largest absolute Gasteiger partial charge is 0.383 e. The topological polar surface area (TPSA) is 86.3 Å². The molecule has 0 saturated carbocycles. The number of amides is 1. The van der Waals surface area contributed by atoms with E-state index < -0.39 is 11.7 Å². The van der Waals surface area contributed by atoms with Crippen LogP contribution in [-0.2, 0) is 4.74 Å². The zero-order valence-electron chi connectivity index (χ0n) is 15.8. The fourth-order valence-corrected chi connectivity index (χ4v) is 3.67. The molecule has 4 aromatic heterocycles. The van der Waals surface area contributed by atoms with Crippen molar-refractivity contribution in [2.45, 2.75) is 13.0 Å². The van der Waals surface area contributed by atoms with Gasteiger partial charge in [-0.3, -0.25) is 9.20 Å². The lowest BCUT2D eigenvalue weighted by atomic mass is 10.2. The monoisotopic (exact) mass is 452 g/mol. The van der Waals surface area contributed by atoms with Gasteiger partial charge in [-0.2, -0.15) is 0 Å². The first-order valence-corrected chi connectivity index (χ1v) is 9.78. The number of nitrogens with one attached hydrogen (secondary N) is 1. The molecule has 1 atom stereocenters. The molecular weight excluding hydrogens is 438 g/mol. The second kappa shape index (κ2) is 8.17. The molecule has 4 heterocycles. The molecule has 156 valence electrons. The molecule has 0 aliphatic rings. The second-order valence-corrected chi connectivity index (χ2v) is 7.40. The minimum absolute atomic E-state index is 0.0460. The first kappa shape index (κ1) is 20.5. The normalized spacial score (nSPS) is 12.6. The predicted octanol–water partition coefficient (Wildman–Crippen LogP) is 3.68. The average molecular weight is 453 g/mol. The van der Waals surface area contributed by atoms with Crippen molar-refractivity contribution in [3.63, 3.8) is 0 Å². The number of methoxy groups -OCH3 is 1. The summed E-state index contributed by atoms with van der Waals surface area (Å²) in [6.07, 6.45) is 3.92. The van der Waals surface area contributed by atoms with E-state index in [1.54, 1.807) is 6.92 Å². The van der Waals surface area contributed by atoms with E-state index in [1.807, 2.05) is 0 Å². The zero-order chi connectivity index (χ0) is 21.4. The lowest BCUT2D eigenvalue weighted by Gasteiger charge is -2.11. The maximum atomic E-state index is 13.6. The number of aromatic nitrogens is 5. The lowest BCUT2D eigenvalue weighted by molar-refractivity contribution is 0.0907. The Bertz CT molecular complexity index is 1260. The molecule has 12 heteroatoms. The Hall–Kier alpha value is -2.76. The number of halogens is 3. The second-order valence-electron chi connectivity index (χ2n) is 6.53. The third kappa shape index (κ3) is 3.59. The van der Waals surface area contributed by atoms with Crippen LogP contribution in [0.1, 0.15) is 17.3 Å². The van der Waals surface area contributed by atoms with Gasteiger partial charge < -0.3 is 10.1 Å². The predicted molar refractivity (Wildman–Crippen MR) is 110 cm³/mol. The van der Waals surface area contributed by atoms with Gasteiger partial charge in [0.25, 0.3) is 5.91 Å². The summed E-state index contributed by atoms with van der Waals surface area (Å²) in [4.78, 5) is 25.7. The maximum Gasteiger partial charge on any atom is 0.255 e. The highest BCUT2D eigenvalue weighted by Gasteiger charge is 2.22. The molecule has 0 aromatic carbocycles. The molecule has 0 bridgehead atoms. The third-order valence-electron chi connectivity index (χ3n) is 4.38. The van der Waals surface area contributed by atoms with Crippen LogP contribution in [0.15, 0.2) is 30.7 Å². The van der Waals surface area contributed by atoms with Crippen LogP contribution in [0, 0.1) is 5.82 Å². The number of fused-ring (bicyclic) bond motifs is 2. The molecular formula is C18H15ClF2N6O2S. The number of rotatable bonds is 6. The summed E-state index contributed by atoms with van der Waals surface area (Å²) in [5, 5.41) is 2.81. The van der Waals surface area contributed by atoms with Crippen LogP contribution in [0.4, 0.5) is 8.28 Å². The highest BCUT2D eigenvalue weighted by atomic mass is 35.5. The summed E-state index contributed by atoms with van der Waals surface area (Å²) in [6.45, 7) is 2.09. The smallest absolute Gasteiger partial charge is 0.255 e. The number of carbonyl (C=O) groups excluding carboxylic acids is 1. The standard InChI is InChI=1S/C18H15ClF2N6O2S/c1-9(8-29-2)23-17(28)11-7-27(30-21)16-14(11)24-12(5-22-16)15-13-4-3-10(20)6-26(13)18(19)25-15/h3-7,9H,8H2,1-2H3,(H,23,28). The maximum absolute atomic E-state index is 13.6. The van der Waals surface area contributed by atoms with E-state index in [0.29, 0.717) is 23.5 Å². The van der Waals surface area contributed by atoms with E-state index in [0.717, 1.165) is 3.97 Å².